The number of aromatic nitrogens is 1. The molecule has 10 nitrogen and oxygen atoms in total. The van der Waals surface area contributed by atoms with E-state index in [2.05, 4.69) is 4.52 Å². The summed E-state index contributed by atoms with van der Waals surface area (Å²) in [6, 6.07) is 2.93. The summed E-state index contributed by atoms with van der Waals surface area (Å²) in [5.41, 5.74) is 5.29. The zero-order valence-corrected chi connectivity index (χ0v) is 13.0. The first-order valence-corrected chi connectivity index (χ1v) is 7.64. The normalized spacial score (nSPS) is 27.5. The number of hydrogen-bond acceptors (Lipinski definition) is 8. The third kappa shape index (κ3) is 5.09. The first kappa shape index (κ1) is 20.3. The number of nitrogens with zero attached hydrogens (tertiary/aromatic N) is 1. The molecule has 1 fully saturated rings. The average Bonchev–Trinajstić information content (AvgIpc) is 2.72. The molecule has 1 aliphatic heterocycles. The maximum absolute atomic E-state index is 11.1. The smallest absolute Gasteiger partial charge is 0.790 e. The molecular weight excluding hydrogens is 326 g/mol. The fourth-order valence-corrected chi connectivity index (χ4v) is 2.40. The van der Waals surface area contributed by atoms with Gasteiger partial charge in [-0.05, 0) is 6.07 Å². The number of aliphatic hydroxyl groups excluding tert-OH is 2. The summed E-state index contributed by atoms with van der Waals surface area (Å²) in [6.45, 7) is -0.727. The number of carbonyl (C=O) groups is 1. The van der Waals surface area contributed by atoms with Crippen molar-refractivity contribution in [3.05, 3.63) is 30.1 Å². The van der Waals surface area contributed by atoms with E-state index in [-0.39, 0.29) is 24.4 Å². The molecule has 1 saturated heterocycles. The van der Waals surface area contributed by atoms with Crippen LogP contribution in [0.2, 0.25) is 0 Å². The number of rotatable bonds is 5. The Balaban J connectivity index is 0.00000264. The van der Waals surface area contributed by atoms with E-state index in [0.29, 0.717) is 0 Å². The van der Waals surface area contributed by atoms with Crippen molar-refractivity contribution in [2.24, 2.45) is 5.73 Å². The SMILES string of the molecule is NC(=O)c1ccc[n+]([C@@H]2O[C@H](COP(=O)([O-])[O-])[C@@H](O)[C@H]2O)c1.[Li+]. The Morgan fingerprint density at radius 1 is 1.43 bits per heavy atom. The molecule has 2 heterocycles. The number of primary amides is 1. The van der Waals surface area contributed by atoms with Crippen LogP contribution in [-0.4, -0.2) is 41.0 Å². The molecule has 12 heteroatoms. The summed E-state index contributed by atoms with van der Waals surface area (Å²) in [5, 5.41) is 19.8. The Morgan fingerprint density at radius 2 is 2.09 bits per heavy atom. The number of amides is 1. The fourth-order valence-electron chi connectivity index (χ4n) is 2.07. The van der Waals surface area contributed by atoms with Crippen LogP contribution in [-0.2, 0) is 13.8 Å². The monoisotopic (exact) mass is 340 g/mol. The van der Waals surface area contributed by atoms with Gasteiger partial charge in [0.05, 0.1) is 14.4 Å². The largest absolute Gasteiger partial charge is 1.00 e. The number of aliphatic hydroxyl groups is 2. The zero-order chi connectivity index (χ0) is 16.5. The molecule has 4 atom stereocenters. The molecule has 1 aromatic rings. The molecule has 0 spiro atoms. The van der Waals surface area contributed by atoms with Crippen molar-refractivity contribution in [3.8, 4) is 0 Å². The minimum atomic E-state index is -5.22. The molecule has 2 rings (SSSR count). The van der Waals surface area contributed by atoms with Crippen LogP contribution >= 0.6 is 7.82 Å². The van der Waals surface area contributed by atoms with Gasteiger partial charge in [-0.1, -0.05) is 0 Å². The number of phosphoric ester groups is 1. The van der Waals surface area contributed by atoms with Gasteiger partial charge in [-0.15, -0.1) is 0 Å². The summed E-state index contributed by atoms with van der Waals surface area (Å²) in [6.07, 6.45) is -2.44. The summed E-state index contributed by atoms with van der Waals surface area (Å²) >= 11 is 0. The number of nitrogens with two attached hydrogens (primary N) is 1. The van der Waals surface area contributed by atoms with Crippen LogP contribution < -0.4 is 38.9 Å². The van der Waals surface area contributed by atoms with E-state index in [4.69, 9.17) is 10.5 Å². The number of ether oxygens (including phenoxy) is 1. The third-order valence-electron chi connectivity index (χ3n) is 3.13. The van der Waals surface area contributed by atoms with Gasteiger partial charge < -0.3 is 39.6 Å². The fraction of sp³-hybridized carbons (Fsp3) is 0.455. The maximum atomic E-state index is 11.1. The van der Waals surface area contributed by atoms with E-state index < -0.39 is 44.9 Å². The van der Waals surface area contributed by atoms with Gasteiger partial charge in [-0.3, -0.25) is 4.79 Å². The van der Waals surface area contributed by atoms with E-state index in [9.17, 15) is 29.4 Å². The van der Waals surface area contributed by atoms with Gasteiger partial charge in [0.2, 0.25) is 0 Å². The van der Waals surface area contributed by atoms with Crippen molar-refractivity contribution in [1.29, 1.82) is 0 Å². The first-order chi connectivity index (χ1) is 10.2. The Kier molecular flexibility index (Phi) is 6.91. The van der Waals surface area contributed by atoms with Crippen molar-refractivity contribution >= 4 is 13.7 Å². The van der Waals surface area contributed by atoms with Crippen molar-refractivity contribution in [2.75, 3.05) is 6.61 Å². The molecule has 1 amide bonds. The van der Waals surface area contributed by atoms with Crippen LogP contribution in [0.15, 0.2) is 24.5 Å². The number of phosphoric acid groups is 1. The molecule has 1 aliphatic rings. The van der Waals surface area contributed by atoms with Gasteiger partial charge in [0.1, 0.15) is 17.8 Å². The van der Waals surface area contributed by atoms with Gasteiger partial charge in [-0.25, -0.2) is 0 Å². The Morgan fingerprint density at radius 3 is 2.65 bits per heavy atom. The van der Waals surface area contributed by atoms with Gasteiger partial charge in [0.25, 0.3) is 12.1 Å². The minimum Gasteiger partial charge on any atom is -0.790 e. The molecule has 0 radical (unpaired) electrons. The van der Waals surface area contributed by atoms with E-state index in [1.54, 1.807) is 0 Å². The van der Waals surface area contributed by atoms with Crippen molar-refractivity contribution < 1.29 is 62.0 Å². The van der Waals surface area contributed by atoms with Gasteiger partial charge in [-0.2, -0.15) is 4.57 Å². The summed E-state index contributed by atoms with van der Waals surface area (Å²) in [5.74, 6) is -0.694. The average molecular weight is 340 g/mol. The standard InChI is InChI=1S/C11H15N2O8P.Li/c12-10(16)6-2-1-3-13(4-6)11-9(15)8(14)7(21-11)5-20-22(17,18)19;/h1-4,7-9,11,14-15H,5H2,(H3-,12,16,17,18,19);/q;+1/p-1/t7-,8-,9-,11-;/m1./s1. The molecule has 0 saturated carbocycles. The van der Waals surface area contributed by atoms with E-state index in [1.807, 2.05) is 0 Å². The molecule has 23 heavy (non-hydrogen) atoms. The number of pyridine rings is 1. The Bertz CT molecular complexity index is 611. The zero-order valence-electron chi connectivity index (χ0n) is 12.1. The molecule has 1 aromatic heterocycles. The molecule has 0 unspecified atom stereocenters. The van der Waals surface area contributed by atoms with Gasteiger partial charge in [0.15, 0.2) is 18.5 Å². The second-order valence-corrected chi connectivity index (χ2v) is 5.85. The molecule has 0 aliphatic carbocycles. The van der Waals surface area contributed by atoms with Crippen LogP contribution in [0.25, 0.3) is 0 Å². The second-order valence-electron chi connectivity index (χ2n) is 4.69. The first-order valence-electron chi connectivity index (χ1n) is 6.18. The Hall–Kier alpha value is -0.793. The van der Waals surface area contributed by atoms with Crippen LogP contribution in [0.1, 0.15) is 16.6 Å². The predicted molar refractivity (Wildman–Crippen MR) is 64.6 cm³/mol. The topological polar surface area (TPSA) is 169 Å². The van der Waals surface area contributed by atoms with Crippen LogP contribution in [0.3, 0.4) is 0 Å². The Labute approximate surface area is 143 Å². The summed E-state index contributed by atoms with van der Waals surface area (Å²) < 4.78 is 21.1. The van der Waals surface area contributed by atoms with E-state index in [0.717, 1.165) is 0 Å². The quantitative estimate of drug-likeness (QED) is 0.270. The molecular formula is C11H14LiN2O8P. The maximum Gasteiger partial charge on any atom is 1.00 e. The number of hydrogen-bond donors (Lipinski definition) is 3. The second kappa shape index (κ2) is 7.85. The molecule has 0 bridgehead atoms. The molecule has 122 valence electrons. The van der Waals surface area contributed by atoms with Crippen molar-refractivity contribution in [2.45, 2.75) is 24.5 Å². The third-order valence-corrected chi connectivity index (χ3v) is 3.60. The molecule has 4 N–H and O–H groups in total. The van der Waals surface area contributed by atoms with Crippen LogP contribution in [0, 0.1) is 0 Å². The van der Waals surface area contributed by atoms with Crippen LogP contribution in [0.5, 0.6) is 0 Å². The van der Waals surface area contributed by atoms with Crippen LogP contribution in [0.4, 0.5) is 0 Å². The summed E-state index contributed by atoms with van der Waals surface area (Å²) in [7, 11) is -5.22. The van der Waals surface area contributed by atoms with E-state index >= 15 is 0 Å². The van der Waals surface area contributed by atoms with Crippen molar-refractivity contribution in [3.63, 3.8) is 0 Å². The minimum absolute atomic E-state index is 0. The van der Waals surface area contributed by atoms with Crippen molar-refractivity contribution in [1.82, 2.24) is 0 Å². The summed E-state index contributed by atoms with van der Waals surface area (Å²) in [4.78, 5) is 32.0. The van der Waals surface area contributed by atoms with Gasteiger partial charge in [0, 0.05) is 6.07 Å². The number of carbonyl (C=O) groups excluding carboxylic acids is 1. The van der Waals surface area contributed by atoms with E-state index in [1.165, 1.54) is 29.1 Å². The predicted octanol–water partition coefficient (Wildman–Crippen LogP) is -6.46. The van der Waals surface area contributed by atoms with Gasteiger partial charge >= 0.3 is 18.9 Å². The molecule has 0 aromatic carbocycles.